The molecule has 25 heavy (non-hydrogen) atoms. The van der Waals surface area contributed by atoms with Gasteiger partial charge in [0, 0.05) is 5.92 Å². The standard InChI is InChI=1S/C21H22N2O2/c1-25-20(24)18-12-10-17(11-13-18)19-9-7-5-3-2-4-6-8-14-21(19,15-22)16-23/h5-8,10-13,19H,2-4,9,14H2,1H3/b7-5-,8-6+. The van der Waals surface area contributed by atoms with Gasteiger partial charge in [-0.1, -0.05) is 36.4 Å². The second-order valence-corrected chi connectivity index (χ2v) is 6.17. The van der Waals surface area contributed by atoms with Gasteiger partial charge in [-0.15, -0.1) is 0 Å². The van der Waals surface area contributed by atoms with Crippen LogP contribution in [0.3, 0.4) is 0 Å². The zero-order valence-corrected chi connectivity index (χ0v) is 14.4. The smallest absolute Gasteiger partial charge is 0.337 e. The highest BCUT2D eigenvalue weighted by Crippen LogP contribution is 2.41. The van der Waals surface area contributed by atoms with Crippen LogP contribution in [0.1, 0.15) is 53.9 Å². The van der Waals surface area contributed by atoms with Crippen molar-refractivity contribution in [1.29, 1.82) is 10.5 Å². The van der Waals surface area contributed by atoms with Gasteiger partial charge >= 0.3 is 5.97 Å². The predicted molar refractivity (Wildman–Crippen MR) is 95.5 cm³/mol. The monoisotopic (exact) mass is 334 g/mol. The predicted octanol–water partition coefficient (Wildman–Crippen LogP) is 4.67. The van der Waals surface area contributed by atoms with Crippen LogP contribution in [0, 0.1) is 28.1 Å². The highest BCUT2D eigenvalue weighted by atomic mass is 16.5. The first-order valence-electron chi connectivity index (χ1n) is 8.47. The zero-order chi connectivity index (χ0) is 18.1. The molecule has 4 heteroatoms. The lowest BCUT2D eigenvalue weighted by Gasteiger charge is -2.28. The molecule has 0 aromatic heterocycles. The molecule has 0 N–H and O–H groups in total. The number of carbonyl (C=O) groups is 1. The molecule has 0 bridgehead atoms. The largest absolute Gasteiger partial charge is 0.465 e. The molecule has 4 nitrogen and oxygen atoms in total. The summed E-state index contributed by atoms with van der Waals surface area (Å²) in [7, 11) is 1.34. The van der Waals surface area contributed by atoms with Gasteiger partial charge in [-0.2, -0.15) is 10.5 Å². The Labute approximate surface area is 149 Å². The second-order valence-electron chi connectivity index (χ2n) is 6.17. The van der Waals surface area contributed by atoms with Crippen LogP contribution in [0.15, 0.2) is 48.6 Å². The summed E-state index contributed by atoms with van der Waals surface area (Å²) in [5, 5.41) is 19.6. The zero-order valence-electron chi connectivity index (χ0n) is 14.4. The van der Waals surface area contributed by atoms with Crippen molar-refractivity contribution in [2.24, 2.45) is 5.41 Å². The van der Waals surface area contributed by atoms with Gasteiger partial charge in [-0.05, 0) is 49.8 Å². The topological polar surface area (TPSA) is 73.9 Å². The van der Waals surface area contributed by atoms with Crippen LogP contribution < -0.4 is 0 Å². The summed E-state index contributed by atoms with van der Waals surface area (Å²) in [6.07, 6.45) is 12.2. The third kappa shape index (κ3) is 4.37. The number of methoxy groups -OCH3 is 1. The summed E-state index contributed by atoms with van der Waals surface area (Å²) in [5.41, 5.74) is 0.212. The van der Waals surface area contributed by atoms with Crippen molar-refractivity contribution in [2.45, 2.75) is 38.0 Å². The molecular weight excluding hydrogens is 312 g/mol. The lowest BCUT2D eigenvalue weighted by molar-refractivity contribution is 0.0600. The van der Waals surface area contributed by atoms with Gasteiger partial charge in [0.25, 0.3) is 0 Å². The Balaban J connectivity index is 2.43. The maximum Gasteiger partial charge on any atom is 0.337 e. The third-order valence-corrected chi connectivity index (χ3v) is 4.61. The fraction of sp³-hybridized carbons (Fsp3) is 0.381. The first-order valence-corrected chi connectivity index (χ1v) is 8.47. The minimum atomic E-state index is -1.13. The average molecular weight is 334 g/mol. The van der Waals surface area contributed by atoms with E-state index < -0.39 is 11.4 Å². The van der Waals surface area contributed by atoms with Crippen molar-refractivity contribution < 1.29 is 9.53 Å². The van der Waals surface area contributed by atoms with E-state index in [1.165, 1.54) is 7.11 Å². The van der Waals surface area contributed by atoms with Gasteiger partial charge in [0.05, 0.1) is 24.8 Å². The summed E-state index contributed by atoms with van der Waals surface area (Å²) in [4.78, 5) is 11.6. The molecule has 1 atom stereocenters. The van der Waals surface area contributed by atoms with E-state index in [0.29, 0.717) is 18.4 Å². The van der Waals surface area contributed by atoms with E-state index in [2.05, 4.69) is 30.4 Å². The number of esters is 1. The average Bonchev–Trinajstić information content (AvgIpc) is 2.71. The summed E-state index contributed by atoms with van der Waals surface area (Å²) < 4.78 is 4.72. The van der Waals surface area contributed by atoms with E-state index in [0.717, 1.165) is 24.8 Å². The number of nitrogens with zero attached hydrogens (tertiary/aromatic N) is 2. The molecule has 0 heterocycles. The van der Waals surface area contributed by atoms with Crippen LogP contribution in [0.2, 0.25) is 0 Å². The first kappa shape index (κ1) is 18.5. The van der Waals surface area contributed by atoms with Crippen molar-refractivity contribution in [3.05, 3.63) is 59.7 Å². The number of allylic oxidation sites excluding steroid dienone is 4. The van der Waals surface area contributed by atoms with Gasteiger partial charge in [0.15, 0.2) is 5.41 Å². The molecular formula is C21H22N2O2. The Morgan fingerprint density at radius 1 is 1.08 bits per heavy atom. The fourth-order valence-corrected chi connectivity index (χ4v) is 3.10. The minimum absolute atomic E-state index is 0.256. The van der Waals surface area contributed by atoms with Gasteiger partial charge in [0.1, 0.15) is 0 Å². The van der Waals surface area contributed by atoms with E-state index in [9.17, 15) is 15.3 Å². The number of carbonyl (C=O) groups excluding carboxylic acids is 1. The first-order chi connectivity index (χ1) is 12.2. The lowest BCUT2D eigenvalue weighted by atomic mass is 9.70. The second kappa shape index (κ2) is 8.85. The highest BCUT2D eigenvalue weighted by molar-refractivity contribution is 5.89. The summed E-state index contributed by atoms with van der Waals surface area (Å²) in [6.45, 7) is 0. The van der Waals surface area contributed by atoms with E-state index in [4.69, 9.17) is 4.74 Å². The quantitative estimate of drug-likeness (QED) is 0.582. The van der Waals surface area contributed by atoms with Crippen molar-refractivity contribution in [1.82, 2.24) is 0 Å². The van der Waals surface area contributed by atoms with Crippen molar-refractivity contribution in [3.63, 3.8) is 0 Å². The minimum Gasteiger partial charge on any atom is -0.465 e. The Bertz CT molecular complexity index is 719. The van der Waals surface area contributed by atoms with Crippen LogP contribution in [0.4, 0.5) is 0 Å². The number of hydrogen-bond donors (Lipinski definition) is 0. The highest BCUT2D eigenvalue weighted by Gasteiger charge is 2.39. The Kier molecular flexibility index (Phi) is 6.54. The fourth-order valence-electron chi connectivity index (χ4n) is 3.10. The molecule has 1 aromatic carbocycles. The van der Waals surface area contributed by atoms with Gasteiger partial charge in [-0.25, -0.2) is 4.79 Å². The molecule has 0 amide bonds. The van der Waals surface area contributed by atoms with Crippen LogP contribution >= 0.6 is 0 Å². The maximum atomic E-state index is 11.6. The SMILES string of the molecule is COC(=O)c1ccc(C2C/C=C\CCC/C=C/CC2(C#N)C#N)cc1. The Hall–Kier alpha value is -2.85. The number of benzene rings is 1. The number of nitriles is 2. The molecule has 128 valence electrons. The van der Waals surface area contributed by atoms with E-state index >= 15 is 0 Å². The summed E-state index contributed by atoms with van der Waals surface area (Å²) >= 11 is 0. The van der Waals surface area contributed by atoms with Crippen molar-refractivity contribution >= 4 is 5.97 Å². The number of ether oxygens (including phenoxy) is 1. The van der Waals surface area contributed by atoms with Crippen LogP contribution in [0.5, 0.6) is 0 Å². The van der Waals surface area contributed by atoms with Gasteiger partial charge in [-0.3, -0.25) is 0 Å². The Morgan fingerprint density at radius 3 is 2.32 bits per heavy atom. The third-order valence-electron chi connectivity index (χ3n) is 4.61. The molecule has 0 spiro atoms. The van der Waals surface area contributed by atoms with E-state index in [-0.39, 0.29) is 5.92 Å². The van der Waals surface area contributed by atoms with Crippen LogP contribution in [-0.4, -0.2) is 13.1 Å². The number of hydrogen-bond acceptors (Lipinski definition) is 4. The molecule has 1 aliphatic rings. The lowest BCUT2D eigenvalue weighted by Crippen LogP contribution is -2.25. The molecule has 0 fully saturated rings. The molecule has 1 aromatic rings. The van der Waals surface area contributed by atoms with Gasteiger partial charge in [0.2, 0.25) is 0 Å². The molecule has 1 aliphatic carbocycles. The van der Waals surface area contributed by atoms with Gasteiger partial charge < -0.3 is 4.74 Å². The van der Waals surface area contributed by atoms with Crippen LogP contribution in [0.25, 0.3) is 0 Å². The molecule has 0 radical (unpaired) electrons. The number of rotatable bonds is 2. The summed E-state index contributed by atoms with van der Waals surface area (Å²) in [5.74, 6) is -0.656. The molecule has 0 saturated carbocycles. The molecule has 2 rings (SSSR count). The van der Waals surface area contributed by atoms with Crippen molar-refractivity contribution in [3.8, 4) is 12.1 Å². The molecule has 1 unspecified atom stereocenters. The molecule has 0 saturated heterocycles. The van der Waals surface area contributed by atoms with Crippen molar-refractivity contribution in [2.75, 3.05) is 7.11 Å². The van der Waals surface area contributed by atoms with E-state index in [1.54, 1.807) is 12.1 Å². The van der Waals surface area contributed by atoms with E-state index in [1.807, 2.05) is 18.2 Å². The molecule has 0 aliphatic heterocycles. The Morgan fingerprint density at radius 2 is 1.72 bits per heavy atom. The summed E-state index contributed by atoms with van der Waals surface area (Å²) in [6, 6.07) is 11.5. The van der Waals surface area contributed by atoms with Crippen LogP contribution in [-0.2, 0) is 4.74 Å². The maximum absolute atomic E-state index is 11.6. The normalized spacial score (nSPS) is 22.4.